The highest BCUT2D eigenvalue weighted by molar-refractivity contribution is 6.00. The first-order valence-corrected chi connectivity index (χ1v) is 7.40. The molecule has 1 aliphatic heterocycles. The van der Waals surface area contributed by atoms with Crippen LogP contribution >= 0.6 is 0 Å². The summed E-state index contributed by atoms with van der Waals surface area (Å²) in [4.78, 5) is 20.0. The van der Waals surface area contributed by atoms with Crippen molar-refractivity contribution < 1.29 is 14.3 Å². The van der Waals surface area contributed by atoms with Crippen molar-refractivity contribution in [3.8, 4) is 5.75 Å². The molecule has 0 atom stereocenters. The van der Waals surface area contributed by atoms with Crippen molar-refractivity contribution in [3.05, 3.63) is 29.8 Å². The molecular weight excluding hydrogens is 298 g/mol. The molecule has 1 saturated heterocycles. The van der Waals surface area contributed by atoms with Gasteiger partial charge in [-0.3, -0.25) is 15.3 Å². The van der Waals surface area contributed by atoms with Crippen molar-refractivity contribution in [1.82, 2.24) is 16.0 Å². The number of hydrogen-bond donors (Lipinski definition) is 3. The fraction of sp³-hybridized carbons (Fsp3) is 0.400. The molecule has 0 spiro atoms. The number of benzene rings is 1. The monoisotopic (exact) mass is 319 g/mol. The minimum atomic E-state index is -0.518. The van der Waals surface area contributed by atoms with Crippen molar-refractivity contribution in [2.45, 2.75) is 20.2 Å². The van der Waals surface area contributed by atoms with Crippen molar-refractivity contribution in [2.24, 2.45) is 9.98 Å². The number of nitrogens with zero attached hydrogens (tertiary/aromatic N) is 2. The topological polar surface area (TPSA) is 96.3 Å². The number of nitrogens with one attached hydrogen (secondary N) is 3. The van der Waals surface area contributed by atoms with Crippen molar-refractivity contribution in [1.29, 1.82) is 0 Å². The van der Waals surface area contributed by atoms with E-state index < -0.39 is 6.35 Å². The summed E-state index contributed by atoms with van der Waals surface area (Å²) in [6.45, 7) is 5.15. The zero-order chi connectivity index (χ0) is 16.7. The molecule has 124 valence electrons. The number of methoxy groups -OCH3 is 1. The van der Waals surface area contributed by atoms with Gasteiger partial charge < -0.3 is 20.1 Å². The molecule has 1 aromatic carbocycles. The van der Waals surface area contributed by atoms with Gasteiger partial charge in [-0.05, 0) is 38.1 Å². The Morgan fingerprint density at radius 3 is 2.13 bits per heavy atom. The van der Waals surface area contributed by atoms with Crippen molar-refractivity contribution in [2.75, 3.05) is 20.2 Å². The smallest absolute Gasteiger partial charge is 0.337 e. The van der Waals surface area contributed by atoms with Gasteiger partial charge in [0.25, 0.3) is 6.35 Å². The van der Waals surface area contributed by atoms with Crippen LogP contribution in [0.4, 0.5) is 0 Å². The Hall–Kier alpha value is -2.77. The molecule has 8 nitrogen and oxygen atoms in total. The highest BCUT2D eigenvalue weighted by Crippen LogP contribution is 2.14. The number of ether oxygens (including phenoxy) is 2. The molecule has 0 aromatic heterocycles. The highest BCUT2D eigenvalue weighted by atomic mass is 16.5. The first kappa shape index (κ1) is 16.6. The van der Waals surface area contributed by atoms with E-state index in [0.29, 0.717) is 36.3 Å². The Labute approximate surface area is 135 Å². The molecule has 0 amide bonds. The van der Waals surface area contributed by atoms with E-state index in [1.54, 1.807) is 24.3 Å². The van der Waals surface area contributed by atoms with Gasteiger partial charge in [0.2, 0.25) is 11.9 Å². The number of carbonyl (C=O) groups excluding carboxylic acids is 1. The average Bonchev–Trinajstić information content (AvgIpc) is 2.55. The molecule has 0 radical (unpaired) electrons. The number of carbonyl (C=O) groups is 1. The maximum atomic E-state index is 11.4. The Kier molecular flexibility index (Phi) is 5.79. The second-order valence-electron chi connectivity index (χ2n) is 4.57. The molecule has 23 heavy (non-hydrogen) atoms. The number of rotatable bonds is 5. The first-order valence-electron chi connectivity index (χ1n) is 7.40. The van der Waals surface area contributed by atoms with Crippen LogP contribution in [0.15, 0.2) is 34.3 Å². The lowest BCUT2D eigenvalue weighted by Gasteiger charge is -2.30. The van der Waals surface area contributed by atoms with Crippen molar-refractivity contribution >= 4 is 17.9 Å². The average molecular weight is 319 g/mol. The molecule has 1 aliphatic rings. The van der Waals surface area contributed by atoms with E-state index in [1.165, 1.54) is 7.11 Å². The molecule has 0 unspecified atom stereocenters. The predicted octanol–water partition coefficient (Wildman–Crippen LogP) is 0.670. The minimum absolute atomic E-state index is 0.385. The Morgan fingerprint density at radius 2 is 1.65 bits per heavy atom. The normalized spacial score (nSPS) is 20.4. The quantitative estimate of drug-likeness (QED) is 0.690. The van der Waals surface area contributed by atoms with Crippen LogP contribution in [0.2, 0.25) is 0 Å². The van der Waals surface area contributed by atoms with Crippen LogP contribution in [-0.2, 0) is 4.74 Å². The zero-order valence-electron chi connectivity index (χ0n) is 13.4. The highest BCUT2D eigenvalue weighted by Gasteiger charge is 2.21. The molecule has 3 N–H and O–H groups in total. The molecule has 2 rings (SSSR count). The van der Waals surface area contributed by atoms with E-state index in [2.05, 4.69) is 30.7 Å². The third-order valence-corrected chi connectivity index (χ3v) is 2.93. The van der Waals surface area contributed by atoms with E-state index in [9.17, 15) is 4.79 Å². The van der Waals surface area contributed by atoms with E-state index in [4.69, 9.17) is 4.74 Å². The second-order valence-corrected chi connectivity index (χ2v) is 4.57. The molecular formula is C15H21N5O3. The fourth-order valence-corrected chi connectivity index (χ4v) is 1.94. The molecule has 0 saturated carbocycles. The Bertz CT molecular complexity index is 576. The van der Waals surface area contributed by atoms with Gasteiger partial charge in [0.1, 0.15) is 5.75 Å². The van der Waals surface area contributed by atoms with Gasteiger partial charge in [0, 0.05) is 13.1 Å². The van der Waals surface area contributed by atoms with Crippen LogP contribution in [0.3, 0.4) is 0 Å². The number of hydrogen-bond acceptors (Lipinski definition) is 5. The van der Waals surface area contributed by atoms with Gasteiger partial charge >= 0.3 is 5.97 Å². The molecule has 1 heterocycles. The van der Waals surface area contributed by atoms with Gasteiger partial charge in [-0.2, -0.15) is 0 Å². The van der Waals surface area contributed by atoms with Gasteiger partial charge in [-0.25, -0.2) is 4.79 Å². The number of esters is 1. The maximum Gasteiger partial charge on any atom is 0.337 e. The molecule has 1 fully saturated rings. The third-order valence-electron chi connectivity index (χ3n) is 2.93. The lowest BCUT2D eigenvalue weighted by atomic mass is 10.2. The largest absolute Gasteiger partial charge is 0.465 e. The molecule has 1 aromatic rings. The summed E-state index contributed by atoms with van der Waals surface area (Å²) >= 11 is 0. The van der Waals surface area contributed by atoms with Gasteiger partial charge in [-0.15, -0.1) is 0 Å². The van der Waals surface area contributed by atoms with Gasteiger partial charge in [0.05, 0.1) is 12.7 Å². The summed E-state index contributed by atoms with van der Waals surface area (Å²) in [5, 5.41) is 9.19. The molecule has 0 aliphatic carbocycles. The van der Waals surface area contributed by atoms with E-state index in [0.717, 1.165) is 0 Å². The Morgan fingerprint density at radius 1 is 1.09 bits per heavy atom. The second kappa shape index (κ2) is 8.02. The lowest BCUT2D eigenvalue weighted by molar-refractivity contribution is 0.0600. The summed E-state index contributed by atoms with van der Waals surface area (Å²) in [5.41, 5.74) is 0.465. The summed E-state index contributed by atoms with van der Waals surface area (Å²) in [7, 11) is 1.35. The zero-order valence-corrected chi connectivity index (χ0v) is 13.4. The lowest BCUT2D eigenvalue weighted by Crippen LogP contribution is -2.65. The SMILES string of the molecule is CCN=C1NC(=NCC)NC(Oc2ccc(C(=O)OC)cc2)N1. The fourth-order valence-electron chi connectivity index (χ4n) is 1.94. The van der Waals surface area contributed by atoms with E-state index in [1.807, 2.05) is 13.8 Å². The van der Waals surface area contributed by atoms with E-state index in [-0.39, 0.29) is 5.97 Å². The summed E-state index contributed by atoms with van der Waals surface area (Å²) in [5.74, 6) is 1.39. The number of guanidine groups is 2. The first-order chi connectivity index (χ1) is 11.2. The van der Waals surface area contributed by atoms with Gasteiger partial charge in [-0.1, -0.05) is 0 Å². The maximum absolute atomic E-state index is 11.4. The van der Waals surface area contributed by atoms with E-state index >= 15 is 0 Å². The summed E-state index contributed by atoms with van der Waals surface area (Å²) in [6, 6.07) is 6.69. The third kappa shape index (κ3) is 4.60. The summed E-state index contributed by atoms with van der Waals surface area (Å²) < 4.78 is 10.5. The molecule has 0 bridgehead atoms. The van der Waals surface area contributed by atoms with Crippen LogP contribution in [0.5, 0.6) is 5.75 Å². The minimum Gasteiger partial charge on any atom is -0.465 e. The van der Waals surface area contributed by atoms with Crippen LogP contribution in [-0.4, -0.2) is 44.4 Å². The van der Waals surface area contributed by atoms with Gasteiger partial charge in [0.15, 0.2) is 0 Å². The van der Waals surface area contributed by atoms with Crippen molar-refractivity contribution in [3.63, 3.8) is 0 Å². The molecule has 8 heteroatoms. The van der Waals surface area contributed by atoms with Crippen LogP contribution < -0.4 is 20.7 Å². The standard InChI is InChI=1S/C15H21N5O3/c1-4-16-13-18-14(17-5-2)20-15(19-13)23-11-8-6-10(7-9-11)12(21)22-3/h6-9,15H,4-5H2,1-3H3,(H3,16,17,18,19,20). The van der Waals surface area contributed by atoms with Crippen LogP contribution in [0.25, 0.3) is 0 Å². The summed E-state index contributed by atoms with van der Waals surface area (Å²) in [6.07, 6.45) is -0.518. The predicted molar refractivity (Wildman–Crippen MR) is 87.6 cm³/mol. The Balaban J connectivity index is 2.07. The van der Waals surface area contributed by atoms with Crippen LogP contribution in [0.1, 0.15) is 24.2 Å². The van der Waals surface area contributed by atoms with Crippen LogP contribution in [0, 0.1) is 0 Å². The number of aliphatic imine (C=N–C) groups is 2.